The van der Waals surface area contributed by atoms with Crippen LogP contribution in [0.25, 0.3) is 11.2 Å². The molecule has 2 aliphatic rings. The quantitative estimate of drug-likeness (QED) is 0.414. The summed E-state index contributed by atoms with van der Waals surface area (Å²) < 4.78 is 16.5. The Balaban J connectivity index is 1.52. The van der Waals surface area contributed by atoms with E-state index in [1.807, 2.05) is 4.57 Å². The molecule has 3 aromatic rings. The van der Waals surface area contributed by atoms with Crippen molar-refractivity contribution >= 4 is 46.3 Å². The van der Waals surface area contributed by atoms with Crippen LogP contribution in [-0.4, -0.2) is 42.7 Å². The number of imidazole rings is 1. The summed E-state index contributed by atoms with van der Waals surface area (Å²) in [5.74, 6) is -0.0554. The number of para-hydroxylation sites is 1. The smallest absolute Gasteiger partial charge is 0.224 e. The molecule has 1 aromatic carbocycles. The second-order valence-corrected chi connectivity index (χ2v) is 9.55. The summed E-state index contributed by atoms with van der Waals surface area (Å²) in [6.45, 7) is 0. The molecule has 0 bridgehead atoms. The number of fused-ring (bicyclic) bond motifs is 1. The van der Waals surface area contributed by atoms with Gasteiger partial charge in [-0.1, -0.05) is 17.7 Å². The molecule has 0 saturated heterocycles. The molecular weight excluding hydrogens is 461 g/mol. The van der Waals surface area contributed by atoms with E-state index in [0.717, 1.165) is 12.8 Å². The number of carbonyl (C=O) groups is 1. The first-order chi connectivity index (χ1) is 16.4. The summed E-state index contributed by atoms with van der Waals surface area (Å²) in [7, 11) is 0. The van der Waals surface area contributed by atoms with Crippen LogP contribution in [0.4, 0.5) is 22.0 Å². The van der Waals surface area contributed by atoms with Crippen LogP contribution in [0.3, 0.4) is 0 Å². The molecule has 11 heteroatoms. The van der Waals surface area contributed by atoms with E-state index < -0.39 is 5.82 Å². The van der Waals surface area contributed by atoms with Crippen molar-refractivity contribution in [2.75, 3.05) is 10.6 Å². The van der Waals surface area contributed by atoms with Crippen LogP contribution in [0, 0.1) is 11.7 Å². The van der Waals surface area contributed by atoms with Crippen LogP contribution in [0.2, 0.25) is 5.02 Å². The normalized spacial score (nSPS) is 24.9. The van der Waals surface area contributed by atoms with Crippen molar-refractivity contribution in [3.05, 3.63) is 35.2 Å². The van der Waals surface area contributed by atoms with E-state index >= 15 is 0 Å². The maximum absolute atomic E-state index is 14.5. The SMILES string of the molecule is NC(=O)C1CCC(n2c(Nc3c(F)cccc3Cl)nc3cnc(NC4CC[C@H](O)C4)nc32)CC1. The molecule has 5 rings (SSSR count). The number of nitrogens with two attached hydrogens (primary N) is 1. The first-order valence-corrected chi connectivity index (χ1v) is 12.0. The number of benzene rings is 1. The number of aliphatic hydroxyl groups is 1. The number of nitrogens with zero attached hydrogens (tertiary/aromatic N) is 4. The average molecular weight is 488 g/mol. The van der Waals surface area contributed by atoms with Gasteiger partial charge in [-0.3, -0.25) is 9.36 Å². The molecule has 2 aliphatic carbocycles. The highest BCUT2D eigenvalue weighted by atomic mass is 35.5. The standard InChI is InChI=1S/C23H27ClFN7O2/c24-16-2-1-3-17(25)19(16)30-23-29-18-11-27-22(28-13-6-9-15(33)10-13)31-21(18)32(23)14-7-4-12(5-8-14)20(26)34/h1-3,11-15,33H,4-10H2,(H2,26,34)(H,29,30)(H,27,28,31)/t12?,13?,14?,15-/m0/s1. The fraction of sp³-hybridized carbons (Fsp3) is 0.478. The van der Waals surface area contributed by atoms with Gasteiger partial charge in [-0.05, 0) is 57.1 Å². The summed E-state index contributed by atoms with van der Waals surface area (Å²) in [6, 6.07) is 4.57. The lowest BCUT2D eigenvalue weighted by molar-refractivity contribution is -0.122. The van der Waals surface area contributed by atoms with Crippen molar-refractivity contribution in [1.82, 2.24) is 19.5 Å². The highest BCUT2D eigenvalue weighted by molar-refractivity contribution is 6.33. The van der Waals surface area contributed by atoms with Gasteiger partial charge in [-0.15, -0.1) is 0 Å². The Bertz CT molecular complexity index is 1190. The summed E-state index contributed by atoms with van der Waals surface area (Å²) in [6.07, 6.45) is 6.31. The molecule has 2 fully saturated rings. The molecule has 180 valence electrons. The Morgan fingerprint density at radius 1 is 1.18 bits per heavy atom. The van der Waals surface area contributed by atoms with Gasteiger partial charge in [0.25, 0.3) is 0 Å². The van der Waals surface area contributed by atoms with Crippen molar-refractivity contribution < 1.29 is 14.3 Å². The molecule has 0 spiro atoms. The Labute approximate surface area is 200 Å². The maximum atomic E-state index is 14.5. The first-order valence-electron chi connectivity index (χ1n) is 11.6. The van der Waals surface area contributed by atoms with Crippen molar-refractivity contribution in [3.8, 4) is 0 Å². The van der Waals surface area contributed by atoms with Gasteiger partial charge < -0.3 is 21.5 Å². The number of anilines is 3. The summed E-state index contributed by atoms with van der Waals surface area (Å²) >= 11 is 6.25. The minimum absolute atomic E-state index is 0.00954. The highest BCUT2D eigenvalue weighted by Crippen LogP contribution is 2.38. The molecule has 2 saturated carbocycles. The molecule has 0 aliphatic heterocycles. The Kier molecular flexibility index (Phi) is 6.26. The van der Waals surface area contributed by atoms with Crippen LogP contribution >= 0.6 is 11.6 Å². The second-order valence-electron chi connectivity index (χ2n) is 9.15. The Morgan fingerprint density at radius 2 is 1.97 bits per heavy atom. The van der Waals surface area contributed by atoms with E-state index in [2.05, 4.69) is 20.6 Å². The second kappa shape index (κ2) is 9.34. The number of aliphatic hydroxyl groups excluding tert-OH is 1. The number of primary amides is 1. The lowest BCUT2D eigenvalue weighted by Gasteiger charge is -2.29. The van der Waals surface area contributed by atoms with Gasteiger partial charge in [0.15, 0.2) is 5.65 Å². The molecule has 34 heavy (non-hydrogen) atoms. The summed E-state index contributed by atoms with van der Waals surface area (Å²) in [5, 5.41) is 16.4. The lowest BCUT2D eigenvalue weighted by atomic mass is 9.85. The van der Waals surface area contributed by atoms with Crippen molar-refractivity contribution in [1.29, 1.82) is 0 Å². The molecule has 1 unspecified atom stereocenters. The molecule has 5 N–H and O–H groups in total. The van der Waals surface area contributed by atoms with E-state index in [-0.39, 0.29) is 40.7 Å². The van der Waals surface area contributed by atoms with Crippen molar-refractivity contribution in [2.45, 2.75) is 63.1 Å². The molecule has 0 radical (unpaired) electrons. The summed E-state index contributed by atoms with van der Waals surface area (Å²) in [5.41, 5.74) is 6.82. The average Bonchev–Trinajstić information content (AvgIpc) is 3.38. The van der Waals surface area contributed by atoms with Crippen LogP contribution in [0.1, 0.15) is 51.0 Å². The zero-order valence-corrected chi connectivity index (χ0v) is 19.3. The van der Waals surface area contributed by atoms with Gasteiger partial charge in [0.1, 0.15) is 11.3 Å². The number of aromatic nitrogens is 4. The third-order valence-electron chi connectivity index (χ3n) is 6.83. The van der Waals surface area contributed by atoms with Crippen molar-refractivity contribution in [3.63, 3.8) is 0 Å². The zero-order valence-electron chi connectivity index (χ0n) is 18.5. The minimum Gasteiger partial charge on any atom is -0.393 e. The number of rotatable bonds is 6. The molecule has 2 aromatic heterocycles. The molecule has 9 nitrogen and oxygen atoms in total. The summed E-state index contributed by atoms with van der Waals surface area (Å²) in [4.78, 5) is 25.5. The van der Waals surface area contributed by atoms with E-state index in [1.54, 1.807) is 18.3 Å². The van der Waals surface area contributed by atoms with Crippen LogP contribution in [0.5, 0.6) is 0 Å². The fourth-order valence-corrected chi connectivity index (χ4v) is 5.22. The first kappa shape index (κ1) is 22.8. The highest BCUT2D eigenvalue weighted by Gasteiger charge is 2.30. The van der Waals surface area contributed by atoms with E-state index in [1.165, 1.54) is 6.07 Å². The van der Waals surface area contributed by atoms with Gasteiger partial charge >= 0.3 is 0 Å². The fourth-order valence-electron chi connectivity index (χ4n) is 5.01. The Hall–Kier alpha value is -2.98. The van der Waals surface area contributed by atoms with Gasteiger partial charge in [0, 0.05) is 18.0 Å². The van der Waals surface area contributed by atoms with E-state index in [4.69, 9.17) is 22.3 Å². The topological polar surface area (TPSA) is 131 Å². The number of nitrogens with one attached hydrogen (secondary N) is 2. The van der Waals surface area contributed by atoms with Gasteiger partial charge in [0.2, 0.25) is 17.8 Å². The monoisotopic (exact) mass is 487 g/mol. The number of halogens is 2. The molecule has 1 amide bonds. The third kappa shape index (κ3) is 4.52. The van der Waals surface area contributed by atoms with Crippen LogP contribution in [0.15, 0.2) is 24.4 Å². The van der Waals surface area contributed by atoms with E-state index in [0.29, 0.717) is 55.2 Å². The zero-order chi connectivity index (χ0) is 23.8. The van der Waals surface area contributed by atoms with Gasteiger partial charge in [-0.2, -0.15) is 4.98 Å². The largest absolute Gasteiger partial charge is 0.393 e. The van der Waals surface area contributed by atoms with Gasteiger partial charge in [0.05, 0.1) is 23.0 Å². The third-order valence-corrected chi connectivity index (χ3v) is 7.15. The van der Waals surface area contributed by atoms with Crippen molar-refractivity contribution in [2.24, 2.45) is 11.7 Å². The number of hydrogen-bond donors (Lipinski definition) is 4. The predicted molar refractivity (Wildman–Crippen MR) is 127 cm³/mol. The maximum Gasteiger partial charge on any atom is 0.224 e. The number of carbonyl (C=O) groups excluding carboxylic acids is 1. The number of amides is 1. The Morgan fingerprint density at radius 3 is 2.65 bits per heavy atom. The molecular formula is C23H27ClFN7O2. The number of hydrogen-bond acceptors (Lipinski definition) is 7. The minimum atomic E-state index is -0.489. The van der Waals surface area contributed by atoms with Gasteiger partial charge in [-0.25, -0.2) is 14.4 Å². The molecule has 2 heterocycles. The lowest BCUT2D eigenvalue weighted by Crippen LogP contribution is -2.29. The predicted octanol–water partition coefficient (Wildman–Crippen LogP) is 3.90. The van der Waals surface area contributed by atoms with E-state index in [9.17, 15) is 14.3 Å². The van der Waals surface area contributed by atoms with Crippen LogP contribution < -0.4 is 16.4 Å². The van der Waals surface area contributed by atoms with Crippen LogP contribution in [-0.2, 0) is 4.79 Å². The molecule has 2 atom stereocenters.